The van der Waals surface area contributed by atoms with Gasteiger partial charge in [-0.3, -0.25) is 4.98 Å². The summed E-state index contributed by atoms with van der Waals surface area (Å²) in [4.78, 5) is 6.43. The summed E-state index contributed by atoms with van der Waals surface area (Å²) in [6.45, 7) is 3.81. The van der Waals surface area contributed by atoms with Gasteiger partial charge in [0, 0.05) is 30.9 Å². The Hall–Kier alpha value is -1.57. The molecule has 2 rings (SSSR count). The quantitative estimate of drug-likeness (QED) is 0.678. The van der Waals surface area contributed by atoms with Crippen molar-refractivity contribution < 1.29 is 0 Å². The van der Waals surface area contributed by atoms with Crippen LogP contribution in [0.4, 0.5) is 5.69 Å². The van der Waals surface area contributed by atoms with Gasteiger partial charge in [-0.2, -0.15) is 0 Å². The number of benzene rings is 1. The van der Waals surface area contributed by atoms with Crippen molar-refractivity contribution in [2.24, 2.45) is 0 Å². The molecule has 2 nitrogen and oxygen atoms in total. The van der Waals surface area contributed by atoms with Crippen molar-refractivity contribution in [1.29, 1.82) is 0 Å². The van der Waals surface area contributed by atoms with Crippen LogP contribution < -0.4 is 4.90 Å². The van der Waals surface area contributed by atoms with Crippen LogP contribution in [-0.4, -0.2) is 19.1 Å². The molecule has 0 aliphatic heterocycles. The molecule has 1 aromatic carbocycles. The van der Waals surface area contributed by atoms with Crippen LogP contribution in [0.25, 0.3) is 10.9 Å². The molecule has 0 saturated carbocycles. The fourth-order valence-corrected chi connectivity index (χ4v) is 1.43. The molecular formula is C12H13N2. The minimum absolute atomic E-state index is 0.815. The molecule has 0 N–H and O–H groups in total. The van der Waals surface area contributed by atoms with Gasteiger partial charge in [0.15, 0.2) is 0 Å². The number of hydrogen-bond acceptors (Lipinski definition) is 2. The zero-order chi connectivity index (χ0) is 10.1. The lowest BCUT2D eigenvalue weighted by Crippen LogP contribution is -2.08. The summed E-state index contributed by atoms with van der Waals surface area (Å²) >= 11 is 0. The number of pyridine rings is 1. The van der Waals surface area contributed by atoms with E-state index in [1.165, 1.54) is 5.69 Å². The Morgan fingerprint density at radius 2 is 1.93 bits per heavy atom. The molecule has 2 heteroatoms. The number of hydrogen-bond donors (Lipinski definition) is 0. The van der Waals surface area contributed by atoms with Gasteiger partial charge < -0.3 is 4.90 Å². The van der Waals surface area contributed by atoms with Gasteiger partial charge >= 0.3 is 0 Å². The lowest BCUT2D eigenvalue weighted by molar-refractivity contribution is 1.13. The van der Waals surface area contributed by atoms with Crippen molar-refractivity contribution in [2.45, 2.75) is 0 Å². The Balaban J connectivity index is 2.62. The van der Waals surface area contributed by atoms with E-state index in [0.29, 0.717) is 0 Å². The fourth-order valence-electron chi connectivity index (χ4n) is 1.43. The average molecular weight is 185 g/mol. The zero-order valence-electron chi connectivity index (χ0n) is 8.49. The molecular weight excluding hydrogens is 172 g/mol. The lowest BCUT2D eigenvalue weighted by atomic mass is 10.2. The van der Waals surface area contributed by atoms with E-state index in [-0.39, 0.29) is 0 Å². The lowest BCUT2D eigenvalue weighted by Gasteiger charge is -2.12. The van der Waals surface area contributed by atoms with E-state index in [1.54, 1.807) is 0 Å². The number of nitrogens with zero attached hydrogens (tertiary/aromatic N) is 2. The normalized spacial score (nSPS) is 10.5. The molecule has 14 heavy (non-hydrogen) atoms. The average Bonchev–Trinajstić information content (AvgIpc) is 2.16. The van der Waals surface area contributed by atoms with Gasteiger partial charge in [0.25, 0.3) is 0 Å². The zero-order valence-corrected chi connectivity index (χ0v) is 8.49. The van der Waals surface area contributed by atoms with Crippen LogP contribution in [0.1, 0.15) is 5.69 Å². The van der Waals surface area contributed by atoms with Crippen LogP contribution in [0.2, 0.25) is 0 Å². The van der Waals surface area contributed by atoms with E-state index in [4.69, 9.17) is 0 Å². The fraction of sp³-hybridized carbons (Fsp3) is 0.167. The highest BCUT2D eigenvalue weighted by molar-refractivity contribution is 5.82. The largest absolute Gasteiger partial charge is 0.378 e. The highest BCUT2D eigenvalue weighted by Crippen LogP contribution is 2.19. The number of fused-ring (bicyclic) bond motifs is 1. The Morgan fingerprint density at radius 1 is 1.14 bits per heavy atom. The van der Waals surface area contributed by atoms with Crippen LogP contribution in [0.15, 0.2) is 30.3 Å². The van der Waals surface area contributed by atoms with Crippen LogP contribution in [0.5, 0.6) is 0 Å². The molecule has 0 spiro atoms. The van der Waals surface area contributed by atoms with Crippen molar-refractivity contribution in [3.63, 3.8) is 0 Å². The van der Waals surface area contributed by atoms with Gasteiger partial charge in [0.1, 0.15) is 0 Å². The molecule has 0 bridgehead atoms. The SMILES string of the molecule is [CH2]c1ccc2cc(N(C)C)ccc2n1. The van der Waals surface area contributed by atoms with Crippen LogP contribution in [0.3, 0.4) is 0 Å². The summed E-state index contributed by atoms with van der Waals surface area (Å²) in [6, 6.07) is 10.2. The van der Waals surface area contributed by atoms with E-state index in [0.717, 1.165) is 16.6 Å². The maximum Gasteiger partial charge on any atom is 0.0706 e. The molecule has 0 aliphatic rings. The van der Waals surface area contributed by atoms with Crippen molar-refractivity contribution in [3.05, 3.63) is 42.9 Å². The first-order chi connectivity index (χ1) is 6.66. The Kier molecular flexibility index (Phi) is 2.12. The van der Waals surface area contributed by atoms with Gasteiger partial charge in [-0.05, 0) is 31.2 Å². The molecule has 0 amide bonds. The smallest absolute Gasteiger partial charge is 0.0706 e. The maximum atomic E-state index is 4.35. The molecule has 1 aromatic heterocycles. The van der Waals surface area contributed by atoms with Crippen LogP contribution >= 0.6 is 0 Å². The molecule has 0 unspecified atom stereocenters. The van der Waals surface area contributed by atoms with E-state index < -0.39 is 0 Å². The minimum Gasteiger partial charge on any atom is -0.378 e. The minimum atomic E-state index is 0.815. The predicted molar refractivity (Wildman–Crippen MR) is 60.5 cm³/mol. The van der Waals surface area contributed by atoms with Crippen molar-refractivity contribution >= 4 is 16.6 Å². The molecule has 0 saturated heterocycles. The van der Waals surface area contributed by atoms with Crippen LogP contribution in [0, 0.1) is 6.92 Å². The van der Waals surface area contributed by atoms with Gasteiger partial charge in [0.2, 0.25) is 0 Å². The third kappa shape index (κ3) is 1.55. The standard InChI is InChI=1S/C12H13N2/c1-9-4-5-10-8-11(14(2)3)6-7-12(10)13-9/h4-8H,1H2,2-3H3. The van der Waals surface area contributed by atoms with Gasteiger partial charge in [-0.1, -0.05) is 6.07 Å². The maximum absolute atomic E-state index is 4.35. The topological polar surface area (TPSA) is 16.1 Å². The molecule has 71 valence electrons. The predicted octanol–water partition coefficient (Wildman–Crippen LogP) is 2.48. The first kappa shape index (κ1) is 9.00. The summed E-state index contributed by atoms with van der Waals surface area (Å²) in [5, 5.41) is 1.16. The molecule has 2 aromatic rings. The van der Waals surface area contributed by atoms with Gasteiger partial charge in [-0.15, -0.1) is 0 Å². The molecule has 0 fully saturated rings. The van der Waals surface area contributed by atoms with Crippen molar-refractivity contribution in [3.8, 4) is 0 Å². The first-order valence-corrected chi connectivity index (χ1v) is 4.57. The monoisotopic (exact) mass is 185 g/mol. The highest BCUT2D eigenvalue weighted by Gasteiger charge is 1.98. The third-order valence-electron chi connectivity index (χ3n) is 2.25. The summed E-state index contributed by atoms with van der Waals surface area (Å²) in [5.41, 5.74) is 3.01. The Bertz CT molecular complexity index is 461. The Labute approximate surface area is 84.2 Å². The van der Waals surface area contributed by atoms with Crippen molar-refractivity contribution in [1.82, 2.24) is 4.98 Å². The van der Waals surface area contributed by atoms with E-state index in [9.17, 15) is 0 Å². The summed E-state index contributed by atoms with van der Waals surface area (Å²) < 4.78 is 0. The first-order valence-electron chi connectivity index (χ1n) is 4.57. The van der Waals surface area contributed by atoms with E-state index >= 15 is 0 Å². The third-order valence-corrected chi connectivity index (χ3v) is 2.25. The molecule has 1 heterocycles. The number of rotatable bonds is 1. The summed E-state index contributed by atoms with van der Waals surface area (Å²) in [7, 11) is 4.06. The second kappa shape index (κ2) is 3.29. The van der Waals surface area contributed by atoms with Gasteiger partial charge in [0.05, 0.1) is 5.52 Å². The molecule has 0 aliphatic carbocycles. The summed E-state index contributed by atoms with van der Waals surface area (Å²) in [5.74, 6) is 0. The highest BCUT2D eigenvalue weighted by atomic mass is 15.1. The molecule has 0 atom stereocenters. The molecule has 1 radical (unpaired) electrons. The number of aromatic nitrogens is 1. The second-order valence-corrected chi connectivity index (χ2v) is 3.57. The van der Waals surface area contributed by atoms with E-state index in [1.807, 2.05) is 26.2 Å². The van der Waals surface area contributed by atoms with Gasteiger partial charge in [-0.25, -0.2) is 0 Å². The van der Waals surface area contributed by atoms with Crippen molar-refractivity contribution in [2.75, 3.05) is 19.0 Å². The Morgan fingerprint density at radius 3 is 2.64 bits per heavy atom. The summed E-state index contributed by atoms with van der Waals surface area (Å²) in [6.07, 6.45) is 0. The van der Waals surface area contributed by atoms with E-state index in [2.05, 4.69) is 35.0 Å². The number of anilines is 1. The second-order valence-electron chi connectivity index (χ2n) is 3.57. The van der Waals surface area contributed by atoms with Crippen LogP contribution in [-0.2, 0) is 0 Å².